The normalized spacial score (nSPS) is 55.0. The first-order chi connectivity index (χ1) is 11.8. The second-order valence-corrected chi connectivity index (χ2v) is 10.0. The molecule has 4 fully saturated rings. The number of methoxy groups -OCH3 is 1. The van der Waals surface area contributed by atoms with E-state index in [9.17, 15) is 9.90 Å². The third kappa shape index (κ3) is 2.22. The molecule has 4 aliphatic carbocycles. The molecule has 3 N–H and O–H groups in total. The largest absolute Gasteiger partial charge is 0.469 e. The predicted molar refractivity (Wildman–Crippen MR) is 96.7 cm³/mol. The van der Waals surface area contributed by atoms with E-state index in [1.807, 2.05) is 0 Å². The van der Waals surface area contributed by atoms with Crippen LogP contribution in [0.5, 0.6) is 0 Å². The minimum absolute atomic E-state index is 0.0397. The van der Waals surface area contributed by atoms with Crippen molar-refractivity contribution in [2.75, 3.05) is 7.11 Å². The summed E-state index contributed by atoms with van der Waals surface area (Å²) in [4.78, 5) is 12.4. The molecule has 0 amide bonds. The summed E-state index contributed by atoms with van der Waals surface area (Å²) < 4.78 is 5.12. The maximum atomic E-state index is 12.4. The molecule has 0 radical (unpaired) electrons. The Kier molecular flexibility index (Phi) is 4.05. The van der Waals surface area contributed by atoms with Crippen LogP contribution >= 0.6 is 0 Å². The van der Waals surface area contributed by atoms with Crippen molar-refractivity contribution in [3.05, 3.63) is 0 Å². The van der Waals surface area contributed by atoms with Crippen molar-refractivity contribution in [2.45, 2.75) is 83.3 Å². The van der Waals surface area contributed by atoms with Crippen LogP contribution in [0.3, 0.4) is 0 Å². The first-order valence-corrected chi connectivity index (χ1v) is 10.3. The maximum absolute atomic E-state index is 12.4. The average Bonchev–Trinajstić information content (AvgIpc) is 2.86. The van der Waals surface area contributed by atoms with Gasteiger partial charge in [-0.1, -0.05) is 13.8 Å². The lowest BCUT2D eigenvalue weighted by atomic mass is 9.42. The summed E-state index contributed by atoms with van der Waals surface area (Å²) in [7, 11) is 1.51. The van der Waals surface area contributed by atoms with Gasteiger partial charge in [0, 0.05) is 5.54 Å². The molecule has 4 saturated carbocycles. The lowest BCUT2D eigenvalue weighted by Gasteiger charge is -2.64. The highest BCUT2D eigenvalue weighted by Crippen LogP contribution is 2.68. The molecular formula is C21H35NO3. The van der Waals surface area contributed by atoms with E-state index in [0.29, 0.717) is 23.2 Å². The van der Waals surface area contributed by atoms with Gasteiger partial charge in [-0.25, -0.2) is 0 Å². The number of nitrogens with two attached hydrogens (primary N) is 1. The van der Waals surface area contributed by atoms with Crippen LogP contribution in [-0.2, 0) is 9.53 Å². The zero-order valence-electron chi connectivity index (χ0n) is 16.1. The number of hydrogen-bond acceptors (Lipinski definition) is 4. The van der Waals surface area contributed by atoms with Gasteiger partial charge in [-0.15, -0.1) is 0 Å². The minimum Gasteiger partial charge on any atom is -0.469 e. The Balaban J connectivity index is 1.66. The molecule has 4 nitrogen and oxygen atoms in total. The van der Waals surface area contributed by atoms with E-state index in [1.54, 1.807) is 0 Å². The first-order valence-electron chi connectivity index (χ1n) is 10.3. The van der Waals surface area contributed by atoms with Gasteiger partial charge in [0.2, 0.25) is 0 Å². The first kappa shape index (κ1) is 17.8. The molecule has 25 heavy (non-hydrogen) atoms. The summed E-state index contributed by atoms with van der Waals surface area (Å²) in [5, 5.41) is 10.1. The van der Waals surface area contributed by atoms with Crippen molar-refractivity contribution >= 4 is 5.97 Å². The zero-order valence-corrected chi connectivity index (χ0v) is 16.1. The highest BCUT2D eigenvalue weighted by atomic mass is 16.5. The lowest BCUT2D eigenvalue weighted by Crippen LogP contribution is -2.66. The van der Waals surface area contributed by atoms with Gasteiger partial charge in [0.15, 0.2) is 0 Å². The highest BCUT2D eigenvalue weighted by molar-refractivity contribution is 5.74. The molecule has 0 saturated heterocycles. The molecule has 0 aromatic carbocycles. The lowest BCUT2D eigenvalue weighted by molar-refractivity contribution is -0.160. The minimum atomic E-state index is -0.237. The summed E-state index contributed by atoms with van der Waals surface area (Å²) >= 11 is 0. The molecule has 142 valence electrons. The number of aliphatic hydroxyl groups excluding tert-OH is 1. The Morgan fingerprint density at radius 2 is 1.80 bits per heavy atom. The standard InChI is InChI=1S/C21H35NO3/c1-19-9-6-14(23)12-13(19)4-5-16-15(19)7-10-20(2)17(18(24)25-3)8-11-21(16,20)22/h13-17,23H,4-12,22H2,1-3H3/t13?,14?,15-,16-,17?,19+,20-,21-/m1/s1. The van der Waals surface area contributed by atoms with Crippen LogP contribution in [0.25, 0.3) is 0 Å². The topological polar surface area (TPSA) is 72.5 Å². The molecule has 3 unspecified atom stereocenters. The average molecular weight is 350 g/mol. The molecule has 4 aliphatic rings. The molecule has 0 bridgehead atoms. The van der Waals surface area contributed by atoms with Crippen molar-refractivity contribution in [2.24, 2.45) is 40.2 Å². The summed E-state index contributed by atoms with van der Waals surface area (Å²) in [6.07, 6.45) is 9.33. The van der Waals surface area contributed by atoms with Gasteiger partial charge in [-0.05, 0) is 86.4 Å². The monoisotopic (exact) mass is 349 g/mol. The Hall–Kier alpha value is -0.610. The smallest absolute Gasteiger partial charge is 0.309 e. The summed E-state index contributed by atoms with van der Waals surface area (Å²) in [5.74, 6) is 1.70. The van der Waals surface area contributed by atoms with Crippen LogP contribution in [0.2, 0.25) is 0 Å². The van der Waals surface area contributed by atoms with Crippen LogP contribution in [0.1, 0.15) is 71.6 Å². The number of hydrogen-bond donors (Lipinski definition) is 2. The Morgan fingerprint density at radius 3 is 2.52 bits per heavy atom. The van der Waals surface area contributed by atoms with Gasteiger partial charge in [-0.2, -0.15) is 0 Å². The molecule has 0 heterocycles. The molecular weight excluding hydrogens is 314 g/mol. The van der Waals surface area contributed by atoms with E-state index < -0.39 is 0 Å². The molecule has 0 spiro atoms. The zero-order chi connectivity index (χ0) is 18.0. The van der Waals surface area contributed by atoms with Gasteiger partial charge in [0.25, 0.3) is 0 Å². The van der Waals surface area contributed by atoms with Crippen molar-refractivity contribution in [3.63, 3.8) is 0 Å². The molecule has 4 rings (SSSR count). The SMILES string of the molecule is COC(=O)C1CC[C@@]2(N)[C@@H]3CCC4CC(O)CC[C@]4(C)[C@@H]3CC[C@]12C. The van der Waals surface area contributed by atoms with Crippen molar-refractivity contribution < 1.29 is 14.6 Å². The van der Waals surface area contributed by atoms with Gasteiger partial charge in [0.1, 0.15) is 0 Å². The van der Waals surface area contributed by atoms with E-state index in [4.69, 9.17) is 10.5 Å². The number of esters is 1. The van der Waals surface area contributed by atoms with Crippen LogP contribution in [0, 0.1) is 34.5 Å². The molecule has 0 aliphatic heterocycles. The fourth-order valence-corrected chi connectivity index (χ4v) is 7.83. The second kappa shape index (κ2) is 5.69. The number of rotatable bonds is 1. The fourth-order valence-electron chi connectivity index (χ4n) is 7.83. The third-order valence-corrected chi connectivity index (χ3v) is 9.47. The Morgan fingerprint density at radius 1 is 1.04 bits per heavy atom. The van der Waals surface area contributed by atoms with E-state index in [1.165, 1.54) is 20.0 Å². The number of ether oxygens (including phenoxy) is 1. The number of carbonyl (C=O) groups excluding carboxylic acids is 1. The van der Waals surface area contributed by atoms with Crippen LogP contribution in [0.15, 0.2) is 0 Å². The Labute approximate surface area is 151 Å². The van der Waals surface area contributed by atoms with Gasteiger partial charge in [-0.3, -0.25) is 4.79 Å². The van der Waals surface area contributed by atoms with E-state index in [2.05, 4.69) is 13.8 Å². The molecule has 0 aromatic heterocycles. The van der Waals surface area contributed by atoms with Crippen molar-refractivity contribution in [3.8, 4) is 0 Å². The van der Waals surface area contributed by atoms with Crippen LogP contribution < -0.4 is 5.73 Å². The maximum Gasteiger partial charge on any atom is 0.309 e. The number of aliphatic hydroxyl groups is 1. The van der Waals surface area contributed by atoms with Crippen molar-refractivity contribution in [1.82, 2.24) is 0 Å². The second-order valence-electron chi connectivity index (χ2n) is 10.0. The van der Waals surface area contributed by atoms with Crippen LogP contribution in [0.4, 0.5) is 0 Å². The van der Waals surface area contributed by atoms with Gasteiger partial charge < -0.3 is 15.6 Å². The molecule has 8 atom stereocenters. The van der Waals surface area contributed by atoms with Gasteiger partial charge >= 0.3 is 5.97 Å². The van der Waals surface area contributed by atoms with Gasteiger partial charge in [0.05, 0.1) is 19.1 Å². The van der Waals surface area contributed by atoms with Crippen molar-refractivity contribution in [1.29, 1.82) is 0 Å². The van der Waals surface area contributed by atoms with E-state index in [0.717, 1.165) is 44.9 Å². The summed E-state index contributed by atoms with van der Waals surface area (Å²) in [5.41, 5.74) is 7.14. The summed E-state index contributed by atoms with van der Waals surface area (Å²) in [6.45, 7) is 4.73. The molecule has 0 aromatic rings. The highest BCUT2D eigenvalue weighted by Gasteiger charge is 2.67. The van der Waals surface area contributed by atoms with E-state index in [-0.39, 0.29) is 28.9 Å². The number of carbonyl (C=O) groups is 1. The Bertz CT molecular complexity index is 565. The number of fused-ring (bicyclic) bond motifs is 5. The van der Waals surface area contributed by atoms with Crippen LogP contribution in [-0.4, -0.2) is 29.8 Å². The third-order valence-electron chi connectivity index (χ3n) is 9.47. The summed E-state index contributed by atoms with van der Waals surface area (Å²) in [6, 6.07) is 0. The fraction of sp³-hybridized carbons (Fsp3) is 0.952. The van der Waals surface area contributed by atoms with E-state index >= 15 is 0 Å². The predicted octanol–water partition coefficient (Wildman–Crippen LogP) is 3.26. The quantitative estimate of drug-likeness (QED) is 0.713. The molecule has 4 heteroatoms.